The monoisotopic (exact) mass is 391 g/mol. The molecule has 0 radical (unpaired) electrons. The highest BCUT2D eigenvalue weighted by molar-refractivity contribution is 6.01. The molecule has 152 valence electrons. The van der Waals surface area contributed by atoms with Crippen LogP contribution in [-0.2, 0) is 30.6 Å². The van der Waals surface area contributed by atoms with Crippen LogP contribution in [0.3, 0.4) is 0 Å². The average molecular weight is 391 g/mol. The van der Waals surface area contributed by atoms with Crippen molar-refractivity contribution in [2.45, 2.75) is 51.2 Å². The number of carbonyl (C=O) groups is 4. The third kappa shape index (κ3) is 6.99. The Hall–Kier alpha value is -2.94. The smallest absolute Gasteiger partial charge is 0.407 e. The number of hydrogen-bond acceptors (Lipinski definition) is 7. The van der Waals surface area contributed by atoms with Gasteiger partial charge in [0.15, 0.2) is 0 Å². The molecule has 2 rings (SSSR count). The van der Waals surface area contributed by atoms with Gasteiger partial charge in [0.05, 0.1) is 6.42 Å². The predicted octanol–water partition coefficient (Wildman–Crippen LogP) is 1.41. The summed E-state index contributed by atoms with van der Waals surface area (Å²) in [6.07, 6.45) is 1.09. The number of hydrogen-bond donors (Lipinski definition) is 2. The van der Waals surface area contributed by atoms with Crippen molar-refractivity contribution >= 4 is 23.9 Å². The van der Waals surface area contributed by atoms with Crippen LogP contribution in [0.2, 0.25) is 0 Å². The van der Waals surface area contributed by atoms with E-state index in [1.807, 2.05) is 30.3 Å². The molecule has 1 aromatic rings. The summed E-state index contributed by atoms with van der Waals surface area (Å²) >= 11 is 0. The lowest BCUT2D eigenvalue weighted by atomic mass is 10.1. The Bertz CT molecular complexity index is 678. The van der Waals surface area contributed by atoms with E-state index in [2.05, 4.69) is 5.32 Å². The highest BCUT2D eigenvalue weighted by atomic mass is 16.7. The molecule has 0 unspecified atom stereocenters. The fourth-order valence-corrected chi connectivity index (χ4v) is 2.69. The van der Waals surface area contributed by atoms with Gasteiger partial charge in [-0.2, -0.15) is 0 Å². The minimum Gasteiger partial charge on any atom is -0.445 e. The SMILES string of the molecule is NCCCC[C@@H](CC(=O)ON1C(=O)CCC1=O)NC(=O)OCc1ccccc1. The van der Waals surface area contributed by atoms with Crippen LogP contribution >= 0.6 is 0 Å². The van der Waals surface area contributed by atoms with Crippen molar-refractivity contribution in [3.8, 4) is 0 Å². The molecule has 9 heteroatoms. The average Bonchev–Trinajstić information content (AvgIpc) is 2.99. The molecule has 28 heavy (non-hydrogen) atoms. The molecule has 0 bridgehead atoms. The van der Waals surface area contributed by atoms with Gasteiger partial charge in [-0.1, -0.05) is 36.8 Å². The molecule has 1 fully saturated rings. The normalized spacial score (nSPS) is 14.7. The molecule has 1 heterocycles. The highest BCUT2D eigenvalue weighted by Gasteiger charge is 2.33. The Morgan fingerprint density at radius 3 is 2.43 bits per heavy atom. The molecule has 0 saturated carbocycles. The second kappa shape index (κ2) is 11.0. The molecule has 1 atom stereocenters. The standard InChI is InChI=1S/C19H25N3O6/c20-11-5-4-8-15(12-18(25)28-22-16(23)9-10-17(22)24)21-19(26)27-13-14-6-2-1-3-7-14/h1-3,6-7,15H,4-5,8-13,20H2,(H,21,26)/t15-/m0/s1. The summed E-state index contributed by atoms with van der Waals surface area (Å²) in [5.74, 6) is -1.87. The Kier molecular flexibility index (Phi) is 8.41. The summed E-state index contributed by atoms with van der Waals surface area (Å²) in [5.41, 5.74) is 6.32. The second-order valence-electron chi connectivity index (χ2n) is 6.44. The zero-order chi connectivity index (χ0) is 20.4. The van der Waals surface area contributed by atoms with Crippen molar-refractivity contribution in [2.75, 3.05) is 6.54 Å². The van der Waals surface area contributed by atoms with Crippen LogP contribution in [-0.4, -0.2) is 41.5 Å². The Balaban J connectivity index is 1.85. The van der Waals surface area contributed by atoms with E-state index in [0.717, 1.165) is 12.0 Å². The molecule has 0 aromatic heterocycles. The first-order valence-corrected chi connectivity index (χ1v) is 9.23. The summed E-state index contributed by atoms with van der Waals surface area (Å²) in [6.45, 7) is 0.593. The summed E-state index contributed by atoms with van der Waals surface area (Å²) < 4.78 is 5.17. The van der Waals surface area contributed by atoms with Gasteiger partial charge in [-0.25, -0.2) is 9.59 Å². The van der Waals surface area contributed by atoms with E-state index in [1.54, 1.807) is 0 Å². The maximum atomic E-state index is 12.1. The molecule has 9 nitrogen and oxygen atoms in total. The second-order valence-corrected chi connectivity index (χ2v) is 6.44. The summed E-state index contributed by atoms with van der Waals surface area (Å²) in [7, 11) is 0. The van der Waals surface area contributed by atoms with Crippen LogP contribution < -0.4 is 11.1 Å². The van der Waals surface area contributed by atoms with Gasteiger partial charge >= 0.3 is 12.1 Å². The third-order valence-electron chi connectivity index (χ3n) is 4.15. The first kappa shape index (κ1) is 21.4. The van der Waals surface area contributed by atoms with Crippen molar-refractivity contribution < 1.29 is 28.8 Å². The van der Waals surface area contributed by atoms with E-state index < -0.39 is 29.9 Å². The molecule has 0 aliphatic carbocycles. The molecular formula is C19H25N3O6. The van der Waals surface area contributed by atoms with E-state index in [9.17, 15) is 19.2 Å². The third-order valence-corrected chi connectivity index (χ3v) is 4.15. The van der Waals surface area contributed by atoms with Crippen molar-refractivity contribution in [1.82, 2.24) is 10.4 Å². The number of nitrogens with one attached hydrogen (secondary N) is 1. The summed E-state index contributed by atoms with van der Waals surface area (Å²) in [5, 5.41) is 3.13. The number of unbranched alkanes of at least 4 members (excludes halogenated alkanes) is 1. The zero-order valence-electron chi connectivity index (χ0n) is 15.6. The number of hydroxylamine groups is 2. The van der Waals surface area contributed by atoms with Crippen LogP contribution in [0.4, 0.5) is 4.79 Å². The van der Waals surface area contributed by atoms with Gasteiger partial charge in [-0.15, -0.1) is 5.06 Å². The quantitative estimate of drug-likeness (QED) is 0.456. The van der Waals surface area contributed by atoms with Crippen LogP contribution in [0.5, 0.6) is 0 Å². The van der Waals surface area contributed by atoms with Gasteiger partial charge in [-0.05, 0) is 24.9 Å². The van der Waals surface area contributed by atoms with E-state index in [0.29, 0.717) is 24.4 Å². The molecule has 1 saturated heterocycles. The van der Waals surface area contributed by atoms with Crippen LogP contribution in [0.1, 0.15) is 44.1 Å². The number of imide groups is 1. The van der Waals surface area contributed by atoms with E-state index >= 15 is 0 Å². The fraction of sp³-hybridized carbons (Fsp3) is 0.474. The Morgan fingerprint density at radius 1 is 1.11 bits per heavy atom. The first-order valence-electron chi connectivity index (χ1n) is 9.23. The number of alkyl carbamates (subject to hydrolysis) is 1. The lowest BCUT2D eigenvalue weighted by molar-refractivity contribution is -0.197. The molecule has 3 N–H and O–H groups in total. The number of benzene rings is 1. The van der Waals surface area contributed by atoms with Gasteiger partial charge in [0, 0.05) is 18.9 Å². The Morgan fingerprint density at radius 2 is 1.79 bits per heavy atom. The molecular weight excluding hydrogens is 366 g/mol. The van der Waals surface area contributed by atoms with Crippen LogP contribution in [0.15, 0.2) is 30.3 Å². The van der Waals surface area contributed by atoms with Gasteiger partial charge in [-0.3, -0.25) is 9.59 Å². The molecule has 1 aliphatic heterocycles. The topological polar surface area (TPSA) is 128 Å². The molecule has 0 spiro atoms. The molecule has 1 aromatic carbocycles. The zero-order valence-corrected chi connectivity index (χ0v) is 15.6. The van der Waals surface area contributed by atoms with Crippen molar-refractivity contribution in [1.29, 1.82) is 0 Å². The Labute approximate surface area is 163 Å². The number of nitrogens with zero attached hydrogens (tertiary/aromatic N) is 1. The van der Waals surface area contributed by atoms with Gasteiger partial charge < -0.3 is 20.6 Å². The maximum Gasteiger partial charge on any atom is 0.407 e. The lowest BCUT2D eigenvalue weighted by Gasteiger charge is -2.19. The van der Waals surface area contributed by atoms with Gasteiger partial charge in [0.1, 0.15) is 6.61 Å². The molecule has 1 aliphatic rings. The predicted molar refractivity (Wildman–Crippen MR) is 98.3 cm³/mol. The lowest BCUT2D eigenvalue weighted by Crippen LogP contribution is -2.39. The van der Waals surface area contributed by atoms with Crippen LogP contribution in [0.25, 0.3) is 0 Å². The minimum absolute atomic E-state index is 0.0239. The van der Waals surface area contributed by atoms with Crippen molar-refractivity contribution in [2.24, 2.45) is 5.73 Å². The van der Waals surface area contributed by atoms with E-state index in [4.69, 9.17) is 15.3 Å². The number of nitrogens with two attached hydrogens (primary N) is 1. The van der Waals surface area contributed by atoms with Gasteiger partial charge in [0.2, 0.25) is 0 Å². The van der Waals surface area contributed by atoms with Crippen LogP contribution in [0, 0.1) is 0 Å². The minimum atomic E-state index is -0.773. The largest absolute Gasteiger partial charge is 0.445 e. The van der Waals surface area contributed by atoms with Crippen molar-refractivity contribution in [3.05, 3.63) is 35.9 Å². The number of ether oxygens (including phenoxy) is 1. The van der Waals surface area contributed by atoms with E-state index in [1.165, 1.54) is 0 Å². The molecule has 3 amide bonds. The van der Waals surface area contributed by atoms with Gasteiger partial charge in [0.25, 0.3) is 11.8 Å². The number of amides is 3. The fourth-order valence-electron chi connectivity index (χ4n) is 2.69. The maximum absolute atomic E-state index is 12.1. The first-order chi connectivity index (χ1) is 13.5. The van der Waals surface area contributed by atoms with Crippen molar-refractivity contribution in [3.63, 3.8) is 0 Å². The number of rotatable bonds is 10. The number of carbonyl (C=O) groups excluding carboxylic acids is 4. The summed E-state index contributed by atoms with van der Waals surface area (Å²) in [4.78, 5) is 52.1. The van der Waals surface area contributed by atoms with E-state index in [-0.39, 0.29) is 25.9 Å². The highest BCUT2D eigenvalue weighted by Crippen LogP contribution is 2.14. The summed E-state index contributed by atoms with van der Waals surface area (Å²) in [6, 6.07) is 8.63.